The van der Waals surface area contributed by atoms with Crippen LogP contribution in [0, 0.1) is 5.92 Å². The van der Waals surface area contributed by atoms with Gasteiger partial charge < -0.3 is 9.16 Å². The predicted octanol–water partition coefficient (Wildman–Crippen LogP) is 5.95. The van der Waals surface area contributed by atoms with Gasteiger partial charge in [-0.15, -0.1) is 0 Å². The first-order valence-electron chi connectivity index (χ1n) is 8.62. The highest BCUT2D eigenvalue weighted by molar-refractivity contribution is 7.99. The van der Waals surface area contributed by atoms with Crippen molar-refractivity contribution in [3.05, 3.63) is 34.9 Å². The SMILES string of the molecule is CCSC[C@H](C(=O)OC)[C@H](O[Si](C)(C)C(C)(C)C)c1ccc(Cl)cc1. The number of ether oxygens (including phenoxy) is 1. The maximum absolute atomic E-state index is 12.5. The predicted molar refractivity (Wildman–Crippen MR) is 111 cm³/mol. The molecule has 0 spiro atoms. The van der Waals surface area contributed by atoms with Gasteiger partial charge in [-0.2, -0.15) is 11.8 Å². The molecule has 3 nitrogen and oxygen atoms in total. The number of thioether (sulfide) groups is 1. The summed E-state index contributed by atoms with van der Waals surface area (Å²) in [6, 6.07) is 7.60. The second kappa shape index (κ2) is 9.44. The third-order valence-electron chi connectivity index (χ3n) is 4.80. The summed E-state index contributed by atoms with van der Waals surface area (Å²) in [5.41, 5.74) is 0.973. The van der Waals surface area contributed by atoms with Gasteiger partial charge in [0.2, 0.25) is 0 Å². The molecule has 0 aliphatic carbocycles. The molecule has 0 N–H and O–H groups in total. The molecule has 2 atom stereocenters. The van der Waals surface area contributed by atoms with Gasteiger partial charge in [0.1, 0.15) is 0 Å². The number of carbonyl (C=O) groups excluding carboxylic acids is 1. The number of hydrogen-bond acceptors (Lipinski definition) is 4. The lowest BCUT2D eigenvalue weighted by Crippen LogP contribution is -2.44. The number of carbonyl (C=O) groups is 1. The zero-order valence-corrected chi connectivity index (χ0v) is 19.0. The maximum atomic E-state index is 12.5. The van der Waals surface area contributed by atoms with Crippen molar-refractivity contribution in [1.29, 1.82) is 0 Å². The summed E-state index contributed by atoms with van der Waals surface area (Å²) < 4.78 is 11.8. The monoisotopic (exact) mass is 402 g/mol. The smallest absolute Gasteiger partial charge is 0.312 e. The van der Waals surface area contributed by atoms with E-state index in [0.29, 0.717) is 10.8 Å². The maximum Gasteiger partial charge on any atom is 0.312 e. The van der Waals surface area contributed by atoms with E-state index in [0.717, 1.165) is 11.3 Å². The van der Waals surface area contributed by atoms with Crippen molar-refractivity contribution in [3.8, 4) is 0 Å². The van der Waals surface area contributed by atoms with Crippen LogP contribution in [0.3, 0.4) is 0 Å². The number of esters is 1. The van der Waals surface area contributed by atoms with E-state index in [2.05, 4.69) is 40.8 Å². The number of rotatable bonds is 8. The first-order chi connectivity index (χ1) is 11.5. The van der Waals surface area contributed by atoms with E-state index < -0.39 is 8.32 Å². The molecule has 6 heteroatoms. The Labute approximate surface area is 162 Å². The quantitative estimate of drug-likeness (QED) is 0.397. The lowest BCUT2D eigenvalue weighted by molar-refractivity contribution is -0.148. The van der Waals surface area contributed by atoms with E-state index in [1.54, 1.807) is 11.8 Å². The molecule has 142 valence electrons. The lowest BCUT2D eigenvalue weighted by Gasteiger charge is -2.41. The largest absolute Gasteiger partial charge is 0.469 e. The molecular formula is C19H31ClO3SSi. The lowest BCUT2D eigenvalue weighted by atomic mass is 9.97. The van der Waals surface area contributed by atoms with Crippen LogP contribution in [0.2, 0.25) is 23.2 Å². The van der Waals surface area contributed by atoms with E-state index in [1.165, 1.54) is 7.11 Å². The molecule has 0 aromatic heterocycles. The van der Waals surface area contributed by atoms with Crippen molar-refractivity contribution in [2.45, 2.75) is 51.9 Å². The van der Waals surface area contributed by atoms with Gasteiger partial charge in [0, 0.05) is 10.8 Å². The van der Waals surface area contributed by atoms with Gasteiger partial charge in [-0.05, 0) is 41.6 Å². The van der Waals surface area contributed by atoms with E-state index in [4.69, 9.17) is 20.8 Å². The summed E-state index contributed by atoms with van der Waals surface area (Å²) in [5.74, 6) is 1.05. The minimum absolute atomic E-state index is 0.0518. The molecule has 0 bridgehead atoms. The fourth-order valence-electron chi connectivity index (χ4n) is 2.20. The van der Waals surface area contributed by atoms with Gasteiger partial charge in [0.25, 0.3) is 0 Å². The number of hydrogen-bond donors (Lipinski definition) is 0. The molecule has 0 radical (unpaired) electrons. The third kappa shape index (κ3) is 6.31. The van der Waals surface area contributed by atoms with Gasteiger partial charge >= 0.3 is 5.97 Å². The Morgan fingerprint density at radius 3 is 2.24 bits per heavy atom. The van der Waals surface area contributed by atoms with Crippen LogP contribution in [0.5, 0.6) is 0 Å². The molecule has 1 rings (SSSR count). The number of halogens is 1. The Bertz CT molecular complexity index is 555. The van der Waals surface area contributed by atoms with Crippen molar-refractivity contribution in [2.24, 2.45) is 5.92 Å². The Morgan fingerprint density at radius 2 is 1.80 bits per heavy atom. The molecule has 1 aromatic carbocycles. The summed E-state index contributed by atoms with van der Waals surface area (Å²) >= 11 is 7.78. The average Bonchev–Trinajstić information content (AvgIpc) is 2.53. The highest BCUT2D eigenvalue weighted by Crippen LogP contribution is 2.42. The highest BCUT2D eigenvalue weighted by Gasteiger charge is 2.42. The zero-order valence-electron chi connectivity index (χ0n) is 16.4. The molecule has 0 aliphatic heterocycles. The van der Waals surface area contributed by atoms with Gasteiger partial charge in [-0.3, -0.25) is 4.79 Å². The second-order valence-corrected chi connectivity index (χ2v) is 14.2. The third-order valence-corrected chi connectivity index (χ3v) is 10.5. The molecule has 0 unspecified atom stereocenters. The van der Waals surface area contributed by atoms with E-state index >= 15 is 0 Å². The molecule has 1 aromatic rings. The number of benzene rings is 1. The van der Waals surface area contributed by atoms with E-state index in [9.17, 15) is 4.79 Å². The Morgan fingerprint density at radius 1 is 1.24 bits per heavy atom. The first kappa shape index (κ1) is 22.5. The molecule has 0 heterocycles. The van der Waals surface area contributed by atoms with Gasteiger partial charge in [-0.25, -0.2) is 0 Å². The summed E-state index contributed by atoms with van der Waals surface area (Å²) in [4.78, 5) is 12.5. The molecular weight excluding hydrogens is 372 g/mol. The first-order valence-corrected chi connectivity index (χ1v) is 13.1. The number of methoxy groups -OCH3 is 1. The van der Waals surface area contributed by atoms with Crippen molar-refractivity contribution in [3.63, 3.8) is 0 Å². The highest BCUT2D eigenvalue weighted by atomic mass is 35.5. The average molecular weight is 403 g/mol. The van der Waals surface area contributed by atoms with Crippen molar-refractivity contribution in [2.75, 3.05) is 18.6 Å². The summed E-state index contributed by atoms with van der Waals surface area (Å²) in [7, 11) is -0.633. The summed E-state index contributed by atoms with van der Waals surface area (Å²) in [5, 5.41) is 0.725. The standard InChI is InChI=1S/C19H31ClO3SSi/c1-8-24-13-16(18(21)22-5)17(14-9-11-15(20)12-10-14)23-25(6,7)19(2,3)4/h9-12,16-17H,8,13H2,1-7H3/t16-,17+/m0/s1. The van der Waals surface area contributed by atoms with Crippen molar-refractivity contribution in [1.82, 2.24) is 0 Å². The molecule has 0 fully saturated rings. The van der Waals surface area contributed by atoms with Gasteiger partial charge in [-0.1, -0.05) is 51.4 Å². The minimum Gasteiger partial charge on any atom is -0.469 e. The van der Waals surface area contributed by atoms with Crippen LogP contribution in [-0.2, 0) is 14.0 Å². The zero-order chi connectivity index (χ0) is 19.3. The Hall–Kier alpha value is -0.493. The Kier molecular flexibility index (Phi) is 8.52. The van der Waals surface area contributed by atoms with Crippen LogP contribution < -0.4 is 0 Å². The van der Waals surface area contributed by atoms with Crippen LogP contribution in [-0.4, -0.2) is 32.9 Å². The molecule has 0 saturated carbocycles. The summed E-state index contributed by atoms with van der Waals surface area (Å²) in [6.07, 6.45) is -0.329. The normalized spacial score (nSPS) is 14.9. The fourth-order valence-corrected chi connectivity index (χ4v) is 4.42. The van der Waals surface area contributed by atoms with Crippen molar-refractivity contribution < 1.29 is 14.0 Å². The molecule has 0 saturated heterocycles. The molecule has 0 aliphatic rings. The van der Waals surface area contributed by atoms with Crippen molar-refractivity contribution >= 4 is 37.6 Å². The van der Waals surface area contributed by atoms with Crippen LogP contribution in [0.1, 0.15) is 39.4 Å². The topological polar surface area (TPSA) is 35.5 Å². The van der Waals surface area contributed by atoms with E-state index in [-0.39, 0.29) is 23.0 Å². The van der Waals surface area contributed by atoms with Crippen LogP contribution in [0.4, 0.5) is 0 Å². The fraction of sp³-hybridized carbons (Fsp3) is 0.632. The Balaban J connectivity index is 3.29. The van der Waals surface area contributed by atoms with Gasteiger partial charge in [0.05, 0.1) is 19.1 Å². The molecule has 0 amide bonds. The van der Waals surface area contributed by atoms with E-state index in [1.807, 2.05) is 24.3 Å². The van der Waals surface area contributed by atoms with Gasteiger partial charge in [0.15, 0.2) is 8.32 Å². The van der Waals surface area contributed by atoms with Crippen LogP contribution >= 0.6 is 23.4 Å². The summed E-state index contributed by atoms with van der Waals surface area (Å²) in [6.45, 7) is 13.1. The van der Waals surface area contributed by atoms with Crippen LogP contribution in [0.15, 0.2) is 24.3 Å². The molecule has 25 heavy (non-hydrogen) atoms. The second-order valence-electron chi connectivity index (χ2n) is 7.64. The minimum atomic E-state index is -2.07. The van der Waals surface area contributed by atoms with Crippen LogP contribution in [0.25, 0.3) is 0 Å².